The number of amides is 1. The first-order valence-corrected chi connectivity index (χ1v) is 11.5. The first-order chi connectivity index (χ1) is 14.7. The van der Waals surface area contributed by atoms with Gasteiger partial charge in [-0.25, -0.2) is 13.4 Å². The summed E-state index contributed by atoms with van der Waals surface area (Å²) in [5.41, 5.74) is 0.836. The minimum atomic E-state index is -4.62. The summed E-state index contributed by atoms with van der Waals surface area (Å²) < 4.78 is 64.2. The molecular weight excluding hydrogens is 445 g/mol. The Bertz CT molecular complexity index is 1130. The lowest BCUT2D eigenvalue weighted by molar-refractivity contribution is -0.141. The summed E-state index contributed by atoms with van der Waals surface area (Å²) in [7, 11) is -3.42. The molecule has 0 unspecified atom stereocenters. The van der Waals surface area contributed by atoms with Crippen molar-refractivity contribution >= 4 is 33.0 Å². The minimum absolute atomic E-state index is 0.0403. The van der Waals surface area contributed by atoms with Crippen LogP contribution in [0, 0.1) is 6.92 Å². The van der Waals surface area contributed by atoms with E-state index in [0.29, 0.717) is 16.8 Å². The van der Waals surface area contributed by atoms with Crippen molar-refractivity contribution in [1.29, 1.82) is 0 Å². The largest absolute Gasteiger partial charge is 0.433 e. The van der Waals surface area contributed by atoms with Crippen LogP contribution in [0.1, 0.15) is 36.2 Å². The molecule has 7 nitrogen and oxygen atoms in total. The molecule has 0 radical (unpaired) electrons. The van der Waals surface area contributed by atoms with Gasteiger partial charge in [0.2, 0.25) is 10.0 Å². The summed E-state index contributed by atoms with van der Waals surface area (Å²) >= 11 is 0. The number of benzene rings is 1. The number of carbonyl (C=O) groups is 1. The Labute approximate surface area is 185 Å². The molecule has 1 amide bonds. The van der Waals surface area contributed by atoms with Crippen LogP contribution in [0.4, 0.5) is 24.7 Å². The van der Waals surface area contributed by atoms with Gasteiger partial charge < -0.3 is 10.6 Å². The number of halogens is 3. The first-order valence-electron chi connectivity index (χ1n) is 9.57. The van der Waals surface area contributed by atoms with Crippen LogP contribution in [0.25, 0.3) is 5.57 Å². The predicted octanol–water partition coefficient (Wildman–Crippen LogP) is 3.93. The van der Waals surface area contributed by atoms with E-state index < -0.39 is 27.8 Å². The molecule has 32 heavy (non-hydrogen) atoms. The molecule has 3 N–H and O–H groups in total. The molecule has 0 bridgehead atoms. The molecule has 0 spiro atoms. The van der Waals surface area contributed by atoms with Crippen LogP contribution in [-0.4, -0.2) is 31.6 Å². The molecule has 0 atom stereocenters. The van der Waals surface area contributed by atoms with Crippen molar-refractivity contribution in [3.63, 3.8) is 0 Å². The second kappa shape index (κ2) is 9.60. The van der Waals surface area contributed by atoms with Gasteiger partial charge in [-0.05, 0) is 50.1 Å². The minimum Gasteiger partial charge on any atom is -0.367 e. The number of alkyl halides is 3. The SMILES string of the molecule is C=C(C(=O)NCc1ccc(NS(C)(=O)=O)c(C)c1)c1ccc(C(F)(F)F)nc1NC(C)C. The van der Waals surface area contributed by atoms with Gasteiger partial charge in [-0.2, -0.15) is 13.2 Å². The Morgan fingerprint density at radius 2 is 1.84 bits per heavy atom. The van der Waals surface area contributed by atoms with Crippen molar-refractivity contribution in [3.8, 4) is 0 Å². The van der Waals surface area contributed by atoms with Crippen LogP contribution in [0.5, 0.6) is 0 Å². The summed E-state index contributed by atoms with van der Waals surface area (Å²) in [4.78, 5) is 16.2. The number of aryl methyl sites for hydroxylation is 1. The smallest absolute Gasteiger partial charge is 0.367 e. The zero-order chi connectivity index (χ0) is 24.3. The number of nitrogens with zero attached hydrogens (tertiary/aromatic N) is 1. The van der Waals surface area contributed by atoms with Crippen LogP contribution < -0.4 is 15.4 Å². The van der Waals surface area contributed by atoms with Gasteiger partial charge in [0.15, 0.2) is 0 Å². The highest BCUT2D eigenvalue weighted by Gasteiger charge is 2.33. The topological polar surface area (TPSA) is 100 Å². The van der Waals surface area contributed by atoms with Crippen molar-refractivity contribution < 1.29 is 26.4 Å². The Hall–Kier alpha value is -3.08. The molecule has 174 valence electrons. The molecule has 1 aromatic carbocycles. The Morgan fingerprint density at radius 1 is 1.19 bits per heavy atom. The van der Waals surface area contributed by atoms with Crippen LogP contribution in [0.2, 0.25) is 0 Å². The number of nitrogens with one attached hydrogen (secondary N) is 3. The highest BCUT2D eigenvalue weighted by molar-refractivity contribution is 7.92. The lowest BCUT2D eigenvalue weighted by atomic mass is 10.1. The Balaban J connectivity index is 2.17. The van der Waals surface area contributed by atoms with Crippen LogP contribution in [0.15, 0.2) is 36.9 Å². The van der Waals surface area contributed by atoms with Gasteiger partial charge in [0.05, 0.1) is 11.9 Å². The van der Waals surface area contributed by atoms with Crippen molar-refractivity contribution in [2.75, 3.05) is 16.3 Å². The number of rotatable bonds is 8. The van der Waals surface area contributed by atoms with Crippen molar-refractivity contribution in [3.05, 3.63) is 59.3 Å². The van der Waals surface area contributed by atoms with E-state index in [1.807, 2.05) is 0 Å². The molecule has 0 aliphatic carbocycles. The zero-order valence-electron chi connectivity index (χ0n) is 18.1. The standard InChI is InChI=1S/C21H25F3N4O3S/c1-12(2)26-19-16(7-9-18(27-19)21(22,23)24)14(4)20(29)25-11-15-6-8-17(13(3)10-15)28-32(5,30)31/h6-10,12,28H,4,11H2,1-3,5H3,(H,25,29)(H,26,27). The average Bonchev–Trinajstić information content (AvgIpc) is 2.65. The normalized spacial score (nSPS) is 11.9. The fourth-order valence-electron chi connectivity index (χ4n) is 2.81. The van der Waals surface area contributed by atoms with E-state index in [9.17, 15) is 26.4 Å². The van der Waals surface area contributed by atoms with Gasteiger partial charge >= 0.3 is 6.18 Å². The van der Waals surface area contributed by atoms with Crippen molar-refractivity contribution in [1.82, 2.24) is 10.3 Å². The third-order valence-electron chi connectivity index (χ3n) is 4.25. The van der Waals surface area contributed by atoms with E-state index in [1.165, 1.54) is 0 Å². The number of carbonyl (C=O) groups excluding carboxylic acids is 1. The lowest BCUT2D eigenvalue weighted by Crippen LogP contribution is -2.25. The van der Waals surface area contributed by atoms with E-state index >= 15 is 0 Å². The van der Waals surface area contributed by atoms with Crippen molar-refractivity contribution in [2.45, 2.75) is 39.5 Å². The zero-order valence-corrected chi connectivity index (χ0v) is 18.9. The highest BCUT2D eigenvalue weighted by atomic mass is 32.2. The van der Waals surface area contributed by atoms with Crippen LogP contribution in [-0.2, 0) is 27.5 Å². The molecule has 0 aliphatic rings. The number of aromatic nitrogens is 1. The van der Waals surface area contributed by atoms with Gasteiger partial charge in [0, 0.05) is 23.7 Å². The van der Waals surface area contributed by atoms with E-state index in [-0.39, 0.29) is 29.5 Å². The molecule has 0 fully saturated rings. The second-order valence-corrected chi connectivity index (χ2v) is 9.32. The molecule has 2 rings (SSSR count). The fourth-order valence-corrected chi connectivity index (χ4v) is 3.43. The Kier molecular flexibility index (Phi) is 7.55. The maximum absolute atomic E-state index is 13.0. The molecule has 11 heteroatoms. The van der Waals surface area contributed by atoms with Crippen LogP contribution in [0.3, 0.4) is 0 Å². The van der Waals surface area contributed by atoms with Crippen molar-refractivity contribution in [2.24, 2.45) is 0 Å². The highest BCUT2D eigenvalue weighted by Crippen LogP contribution is 2.31. The maximum Gasteiger partial charge on any atom is 0.433 e. The number of anilines is 2. The first kappa shape index (κ1) is 25.2. The number of pyridine rings is 1. The Morgan fingerprint density at radius 3 is 2.38 bits per heavy atom. The van der Waals surface area contributed by atoms with Gasteiger partial charge in [-0.1, -0.05) is 18.7 Å². The van der Waals surface area contributed by atoms with E-state index in [1.54, 1.807) is 39.0 Å². The third-order valence-corrected chi connectivity index (χ3v) is 4.84. The summed E-state index contributed by atoms with van der Waals surface area (Å²) in [5.74, 6) is -0.656. The lowest BCUT2D eigenvalue weighted by Gasteiger charge is -2.17. The quantitative estimate of drug-likeness (QED) is 0.508. The van der Waals surface area contributed by atoms with Gasteiger partial charge in [0.25, 0.3) is 5.91 Å². The van der Waals surface area contributed by atoms with E-state index in [2.05, 4.69) is 26.9 Å². The molecule has 2 aromatic rings. The van der Waals surface area contributed by atoms with Gasteiger partial charge in [-0.15, -0.1) is 0 Å². The number of sulfonamides is 1. The van der Waals surface area contributed by atoms with E-state index in [4.69, 9.17) is 0 Å². The average molecular weight is 471 g/mol. The summed E-state index contributed by atoms with van der Waals surface area (Å²) in [6.45, 7) is 9.02. The van der Waals surface area contributed by atoms with Crippen LogP contribution >= 0.6 is 0 Å². The summed E-state index contributed by atoms with van der Waals surface area (Å²) in [6, 6.07) is 6.69. The predicted molar refractivity (Wildman–Crippen MR) is 119 cm³/mol. The summed E-state index contributed by atoms with van der Waals surface area (Å²) in [5, 5.41) is 5.48. The summed E-state index contributed by atoms with van der Waals surface area (Å²) in [6.07, 6.45) is -3.57. The molecule has 0 saturated carbocycles. The fraction of sp³-hybridized carbons (Fsp3) is 0.333. The monoisotopic (exact) mass is 470 g/mol. The third kappa shape index (κ3) is 6.98. The van der Waals surface area contributed by atoms with Gasteiger partial charge in [0.1, 0.15) is 11.5 Å². The molecule has 1 heterocycles. The maximum atomic E-state index is 13.0. The van der Waals surface area contributed by atoms with E-state index in [0.717, 1.165) is 18.4 Å². The van der Waals surface area contributed by atoms with Gasteiger partial charge in [-0.3, -0.25) is 9.52 Å². The molecule has 0 aliphatic heterocycles. The molecule has 1 aromatic heterocycles. The second-order valence-electron chi connectivity index (χ2n) is 7.57. The number of hydrogen-bond acceptors (Lipinski definition) is 5. The molecule has 0 saturated heterocycles. The number of hydrogen-bond donors (Lipinski definition) is 3. The molecular formula is C21H25F3N4O3S.